The Morgan fingerprint density at radius 2 is 2.00 bits per heavy atom. The average molecular weight is 484 g/mol. The lowest BCUT2D eigenvalue weighted by Crippen LogP contribution is -2.34. The number of hydrogen-bond acceptors (Lipinski definition) is 8. The molecule has 0 aliphatic heterocycles. The van der Waals surface area contributed by atoms with Crippen molar-refractivity contribution in [3.05, 3.63) is 80.6 Å². The van der Waals surface area contributed by atoms with Gasteiger partial charge in [0.1, 0.15) is 6.61 Å². The fourth-order valence-corrected chi connectivity index (χ4v) is 3.38. The molecule has 0 radical (unpaired) electrons. The first-order chi connectivity index (χ1) is 14.9. The fraction of sp³-hybridized carbons (Fsp3) is 0.350. The molecule has 0 saturated heterocycles. The highest BCUT2D eigenvalue weighted by atomic mass is 31.2. The van der Waals surface area contributed by atoms with E-state index in [1.165, 1.54) is 17.9 Å². The van der Waals surface area contributed by atoms with Gasteiger partial charge in [-0.05, 0) is 12.5 Å². The summed E-state index contributed by atoms with van der Waals surface area (Å²) in [6, 6.07) is 8.69. The van der Waals surface area contributed by atoms with Crippen LogP contribution in [0.3, 0.4) is 0 Å². The standard InChI is InChI=1S/C20H23N2O8P.H3P/c1-13-11-22(20(25)21-17(13)23)15-8-9-16(10-15)29-19(30-31(26)27-2)18(24)28-12-14-6-4-3-5-7-14;/h3-9,11,15-16,19,26H,10,12H2,1-2H3,(H,21,23,25);1H3. The molecule has 0 bridgehead atoms. The van der Waals surface area contributed by atoms with E-state index >= 15 is 0 Å². The molecule has 2 aromatic rings. The Bertz CT molecular complexity index is 1040. The zero-order valence-corrected chi connectivity index (χ0v) is 20.0. The van der Waals surface area contributed by atoms with Gasteiger partial charge in [-0.2, -0.15) is 9.90 Å². The number of ether oxygens (including phenoxy) is 2. The fourth-order valence-electron chi connectivity index (χ4n) is 2.99. The normalized spacial score (nSPS) is 19.2. The van der Waals surface area contributed by atoms with E-state index in [-0.39, 0.29) is 22.5 Å². The Hall–Kier alpha value is -2.19. The summed E-state index contributed by atoms with van der Waals surface area (Å²) in [6.07, 6.45) is 3.06. The number of benzene rings is 1. The van der Waals surface area contributed by atoms with Crippen LogP contribution in [0.15, 0.2) is 58.3 Å². The largest absolute Gasteiger partial charge is 0.457 e. The molecule has 12 heteroatoms. The number of carbonyl (C=O) groups is 1. The highest BCUT2D eigenvalue weighted by molar-refractivity contribution is 7.40. The molecule has 1 aliphatic rings. The summed E-state index contributed by atoms with van der Waals surface area (Å²) >= 11 is 0. The zero-order chi connectivity index (χ0) is 22.4. The topological polar surface area (TPSA) is 129 Å². The molecule has 174 valence electrons. The summed E-state index contributed by atoms with van der Waals surface area (Å²) in [5.41, 5.74) is 0.191. The van der Waals surface area contributed by atoms with Gasteiger partial charge in [0.25, 0.3) is 11.8 Å². The van der Waals surface area contributed by atoms with Gasteiger partial charge < -0.3 is 18.9 Å². The van der Waals surface area contributed by atoms with Crippen LogP contribution in [-0.2, 0) is 29.9 Å². The molecule has 32 heavy (non-hydrogen) atoms. The third-order valence-electron chi connectivity index (χ3n) is 4.58. The molecule has 5 atom stereocenters. The van der Waals surface area contributed by atoms with Crippen LogP contribution in [0.4, 0.5) is 0 Å². The second-order valence-corrected chi connectivity index (χ2v) is 7.84. The third-order valence-corrected chi connectivity index (χ3v) is 5.27. The van der Waals surface area contributed by atoms with Crippen LogP contribution in [-0.4, -0.2) is 39.9 Å². The molecule has 1 aliphatic carbocycles. The Morgan fingerprint density at radius 3 is 2.69 bits per heavy atom. The SMILES string of the molecule is COP(O)OC(OC1C=CC(n2cc(C)c(=O)[nH]c2=O)C1)C(=O)OCc1ccccc1.P. The second kappa shape index (κ2) is 12.2. The van der Waals surface area contributed by atoms with E-state index in [0.29, 0.717) is 12.0 Å². The van der Waals surface area contributed by atoms with Crippen LogP contribution < -0.4 is 11.2 Å². The highest BCUT2D eigenvalue weighted by Crippen LogP contribution is 2.35. The summed E-state index contributed by atoms with van der Waals surface area (Å²) in [4.78, 5) is 48.1. The predicted molar refractivity (Wildman–Crippen MR) is 122 cm³/mol. The second-order valence-electron chi connectivity index (χ2n) is 6.79. The van der Waals surface area contributed by atoms with E-state index in [0.717, 1.165) is 5.56 Å². The Labute approximate surface area is 188 Å². The van der Waals surface area contributed by atoms with Crippen molar-refractivity contribution in [3.8, 4) is 0 Å². The van der Waals surface area contributed by atoms with Gasteiger partial charge in [-0.1, -0.05) is 42.5 Å². The maximum Gasteiger partial charge on any atom is 0.364 e. The zero-order valence-electron chi connectivity index (χ0n) is 17.7. The molecule has 5 unspecified atom stereocenters. The lowest BCUT2D eigenvalue weighted by molar-refractivity contribution is -0.185. The van der Waals surface area contributed by atoms with Gasteiger partial charge in [-0.15, -0.1) is 0 Å². The predicted octanol–water partition coefficient (Wildman–Crippen LogP) is 1.74. The Kier molecular flexibility index (Phi) is 9.90. The average Bonchev–Trinajstić information content (AvgIpc) is 3.23. The maximum atomic E-state index is 12.5. The van der Waals surface area contributed by atoms with Crippen LogP contribution in [0, 0.1) is 6.92 Å². The first kappa shape index (κ1) is 26.1. The number of carbonyl (C=O) groups excluding carboxylic acids is 1. The molecule has 3 rings (SSSR count). The summed E-state index contributed by atoms with van der Waals surface area (Å²) in [5.74, 6) is -0.823. The van der Waals surface area contributed by atoms with Crippen molar-refractivity contribution in [2.75, 3.05) is 7.11 Å². The molecular weight excluding hydrogens is 458 g/mol. The van der Waals surface area contributed by atoms with E-state index in [2.05, 4.69) is 4.98 Å². The minimum absolute atomic E-state index is 0. The maximum absolute atomic E-state index is 12.5. The molecule has 10 nitrogen and oxygen atoms in total. The van der Waals surface area contributed by atoms with E-state index in [9.17, 15) is 19.3 Å². The Balaban J connectivity index is 0.00000363. The molecule has 0 saturated carbocycles. The first-order valence-electron chi connectivity index (χ1n) is 9.43. The summed E-state index contributed by atoms with van der Waals surface area (Å²) in [5, 5.41) is 0. The van der Waals surface area contributed by atoms with E-state index < -0.39 is 38.2 Å². The van der Waals surface area contributed by atoms with Gasteiger partial charge in [-0.25, -0.2) is 9.59 Å². The van der Waals surface area contributed by atoms with Crippen molar-refractivity contribution in [3.63, 3.8) is 0 Å². The first-order valence-corrected chi connectivity index (χ1v) is 10.6. The van der Waals surface area contributed by atoms with Crippen molar-refractivity contribution < 1.29 is 28.2 Å². The van der Waals surface area contributed by atoms with Gasteiger partial charge in [0.05, 0.1) is 12.1 Å². The number of H-pyrrole nitrogens is 1. The van der Waals surface area contributed by atoms with Crippen molar-refractivity contribution in [1.29, 1.82) is 0 Å². The number of aryl methyl sites for hydroxylation is 1. The van der Waals surface area contributed by atoms with Crippen LogP contribution in [0.25, 0.3) is 0 Å². The quantitative estimate of drug-likeness (QED) is 0.238. The van der Waals surface area contributed by atoms with Crippen molar-refractivity contribution in [2.24, 2.45) is 0 Å². The minimum atomic E-state index is -2.35. The van der Waals surface area contributed by atoms with E-state index in [1.54, 1.807) is 31.2 Å². The number of esters is 1. The number of nitrogens with zero attached hydrogens (tertiary/aromatic N) is 1. The van der Waals surface area contributed by atoms with Crippen molar-refractivity contribution in [2.45, 2.75) is 38.4 Å². The van der Waals surface area contributed by atoms with Crippen molar-refractivity contribution >= 4 is 24.5 Å². The number of aromatic nitrogens is 2. The van der Waals surface area contributed by atoms with Crippen LogP contribution >= 0.6 is 18.5 Å². The lowest BCUT2D eigenvalue weighted by atomic mass is 10.2. The lowest BCUT2D eigenvalue weighted by Gasteiger charge is -2.22. The van der Waals surface area contributed by atoms with Crippen LogP contribution in [0.2, 0.25) is 0 Å². The van der Waals surface area contributed by atoms with Crippen LogP contribution in [0.5, 0.6) is 0 Å². The number of rotatable bonds is 9. The summed E-state index contributed by atoms with van der Waals surface area (Å²) in [7, 11) is -1.12. The third kappa shape index (κ3) is 6.90. The summed E-state index contributed by atoms with van der Waals surface area (Å²) in [6.45, 7) is 1.61. The molecule has 0 fully saturated rings. The van der Waals surface area contributed by atoms with Crippen LogP contribution in [0.1, 0.15) is 23.6 Å². The van der Waals surface area contributed by atoms with Gasteiger partial charge in [-0.3, -0.25) is 18.9 Å². The number of nitrogens with one attached hydrogen (secondary N) is 1. The van der Waals surface area contributed by atoms with E-state index in [4.69, 9.17) is 18.5 Å². The monoisotopic (exact) mass is 484 g/mol. The van der Waals surface area contributed by atoms with E-state index in [1.807, 2.05) is 18.2 Å². The number of allylic oxidation sites excluding steroid dienone is 1. The van der Waals surface area contributed by atoms with Gasteiger partial charge in [0.15, 0.2) is 0 Å². The minimum Gasteiger partial charge on any atom is -0.457 e. The molecule has 1 heterocycles. The summed E-state index contributed by atoms with van der Waals surface area (Å²) < 4.78 is 22.2. The highest BCUT2D eigenvalue weighted by Gasteiger charge is 2.32. The van der Waals surface area contributed by atoms with Gasteiger partial charge in [0, 0.05) is 25.3 Å². The molecule has 0 amide bonds. The molecule has 1 aromatic carbocycles. The molecular formula is C20H26N2O8P2. The number of hydrogen-bond donors (Lipinski definition) is 2. The Morgan fingerprint density at radius 1 is 1.28 bits per heavy atom. The van der Waals surface area contributed by atoms with Gasteiger partial charge >= 0.3 is 20.3 Å². The van der Waals surface area contributed by atoms with Crippen molar-refractivity contribution in [1.82, 2.24) is 9.55 Å². The molecule has 0 spiro atoms. The molecule has 2 N–H and O–H groups in total. The smallest absolute Gasteiger partial charge is 0.364 e. The molecule has 1 aromatic heterocycles. The van der Waals surface area contributed by atoms with Gasteiger partial charge in [0.2, 0.25) is 0 Å². The number of aromatic amines is 1.